The lowest BCUT2D eigenvalue weighted by molar-refractivity contribution is 0.0180. The molecule has 1 aliphatic rings. The van der Waals surface area contributed by atoms with E-state index >= 15 is 0 Å². The van der Waals surface area contributed by atoms with E-state index < -0.39 is 11.5 Å². The van der Waals surface area contributed by atoms with Crippen LogP contribution in [-0.4, -0.2) is 14.9 Å². The summed E-state index contributed by atoms with van der Waals surface area (Å²) in [5, 5.41) is 24.6. The summed E-state index contributed by atoms with van der Waals surface area (Å²) in [6.45, 7) is 4.11. The molecule has 0 spiro atoms. The number of hydrogen-bond acceptors (Lipinski definition) is 3. The molecule has 3 unspecified atom stereocenters. The van der Waals surface area contributed by atoms with E-state index in [0.29, 0.717) is 5.92 Å². The Balaban J connectivity index is 2.31. The molecule has 0 saturated heterocycles. The van der Waals surface area contributed by atoms with Crippen molar-refractivity contribution in [2.75, 3.05) is 0 Å². The van der Waals surface area contributed by atoms with Crippen LogP contribution >= 0.6 is 0 Å². The van der Waals surface area contributed by atoms with Gasteiger partial charge >= 0.3 is 0 Å². The molecule has 1 saturated carbocycles. The van der Waals surface area contributed by atoms with Crippen molar-refractivity contribution in [1.82, 2.24) is 9.78 Å². The highest BCUT2D eigenvalue weighted by Gasteiger charge is 2.43. The molecule has 1 aromatic rings. The number of nitriles is 1. The van der Waals surface area contributed by atoms with E-state index in [1.54, 1.807) is 10.9 Å². The van der Waals surface area contributed by atoms with Crippen LogP contribution in [0.3, 0.4) is 0 Å². The average molecular weight is 261 g/mol. The molecule has 1 N–H and O–H groups in total. The van der Waals surface area contributed by atoms with Crippen LogP contribution in [0.25, 0.3) is 0 Å². The zero-order valence-corrected chi connectivity index (χ0v) is 12.1. The van der Waals surface area contributed by atoms with Crippen LogP contribution < -0.4 is 0 Å². The van der Waals surface area contributed by atoms with Crippen molar-refractivity contribution in [2.24, 2.45) is 18.4 Å². The van der Waals surface area contributed by atoms with Gasteiger partial charge in [0.25, 0.3) is 0 Å². The van der Waals surface area contributed by atoms with Crippen molar-refractivity contribution in [3.05, 3.63) is 17.5 Å². The van der Waals surface area contributed by atoms with Crippen LogP contribution in [-0.2, 0) is 7.05 Å². The second-order valence-electron chi connectivity index (χ2n) is 5.85. The van der Waals surface area contributed by atoms with Gasteiger partial charge < -0.3 is 5.11 Å². The van der Waals surface area contributed by atoms with Gasteiger partial charge in [-0.25, -0.2) is 0 Å². The van der Waals surface area contributed by atoms with Crippen LogP contribution in [0.4, 0.5) is 0 Å². The van der Waals surface area contributed by atoms with E-state index in [-0.39, 0.29) is 0 Å². The maximum Gasteiger partial charge on any atom is 0.101 e. The van der Waals surface area contributed by atoms with Crippen LogP contribution in [0.15, 0.2) is 6.20 Å². The van der Waals surface area contributed by atoms with Crippen molar-refractivity contribution < 1.29 is 5.11 Å². The summed E-state index contributed by atoms with van der Waals surface area (Å²) < 4.78 is 1.75. The van der Waals surface area contributed by atoms with E-state index in [0.717, 1.165) is 36.9 Å². The molecule has 0 radical (unpaired) electrons. The van der Waals surface area contributed by atoms with Gasteiger partial charge in [0.2, 0.25) is 0 Å². The number of rotatable bonds is 3. The monoisotopic (exact) mass is 261 g/mol. The normalized spacial score (nSPS) is 28.9. The van der Waals surface area contributed by atoms with Gasteiger partial charge in [-0.3, -0.25) is 4.68 Å². The van der Waals surface area contributed by atoms with Crippen molar-refractivity contribution in [3.63, 3.8) is 0 Å². The summed E-state index contributed by atoms with van der Waals surface area (Å²) >= 11 is 0. The molecule has 104 valence electrons. The van der Waals surface area contributed by atoms with Gasteiger partial charge in [-0.1, -0.05) is 26.2 Å². The molecule has 3 atom stereocenters. The summed E-state index contributed by atoms with van der Waals surface area (Å²) in [7, 11) is 1.86. The molecule has 1 aromatic heterocycles. The van der Waals surface area contributed by atoms with E-state index in [9.17, 15) is 10.4 Å². The quantitative estimate of drug-likeness (QED) is 0.910. The predicted molar refractivity (Wildman–Crippen MR) is 73.2 cm³/mol. The zero-order chi connectivity index (χ0) is 14.0. The third-order valence-corrected chi connectivity index (χ3v) is 4.78. The molecule has 0 amide bonds. The SMILES string of the molecule is CCC1CCCC(C#N)(C(O)c2cnn(C)c2C)C1. The third-order valence-electron chi connectivity index (χ3n) is 4.78. The highest BCUT2D eigenvalue weighted by molar-refractivity contribution is 5.25. The first-order valence-electron chi connectivity index (χ1n) is 7.12. The first kappa shape index (κ1) is 14.1. The van der Waals surface area contributed by atoms with Crippen molar-refractivity contribution in [3.8, 4) is 6.07 Å². The van der Waals surface area contributed by atoms with Crippen LogP contribution in [0.1, 0.15) is 56.4 Å². The molecule has 4 heteroatoms. The molecule has 0 aromatic carbocycles. The Kier molecular flexibility index (Phi) is 3.96. The Morgan fingerprint density at radius 1 is 1.68 bits per heavy atom. The number of aromatic nitrogens is 2. The maximum atomic E-state index is 10.7. The molecule has 1 heterocycles. The van der Waals surface area contributed by atoms with E-state index in [1.807, 2.05) is 14.0 Å². The van der Waals surface area contributed by atoms with Gasteiger partial charge in [0.1, 0.15) is 6.10 Å². The van der Waals surface area contributed by atoms with E-state index in [4.69, 9.17) is 0 Å². The highest BCUT2D eigenvalue weighted by atomic mass is 16.3. The van der Waals surface area contributed by atoms with Crippen molar-refractivity contribution in [2.45, 2.75) is 52.1 Å². The Hall–Kier alpha value is -1.34. The Labute approximate surface area is 115 Å². The molecule has 2 rings (SSSR count). The van der Waals surface area contributed by atoms with Crippen molar-refractivity contribution >= 4 is 0 Å². The smallest absolute Gasteiger partial charge is 0.101 e. The second-order valence-corrected chi connectivity index (χ2v) is 5.85. The Morgan fingerprint density at radius 3 is 2.95 bits per heavy atom. The highest BCUT2D eigenvalue weighted by Crippen LogP contribution is 2.48. The molecule has 4 nitrogen and oxygen atoms in total. The van der Waals surface area contributed by atoms with Gasteiger partial charge in [-0.2, -0.15) is 10.4 Å². The fourth-order valence-corrected chi connectivity index (χ4v) is 3.27. The van der Waals surface area contributed by atoms with Gasteiger partial charge in [-0.15, -0.1) is 0 Å². The number of nitrogens with zero attached hydrogens (tertiary/aromatic N) is 3. The number of aliphatic hydroxyl groups excluding tert-OH is 1. The van der Waals surface area contributed by atoms with Gasteiger partial charge in [0, 0.05) is 18.3 Å². The average Bonchev–Trinajstić information content (AvgIpc) is 2.78. The molecule has 19 heavy (non-hydrogen) atoms. The zero-order valence-electron chi connectivity index (χ0n) is 12.1. The summed E-state index contributed by atoms with van der Waals surface area (Å²) in [6, 6.07) is 2.43. The van der Waals surface area contributed by atoms with Gasteiger partial charge in [-0.05, 0) is 25.7 Å². The van der Waals surface area contributed by atoms with E-state index in [2.05, 4.69) is 18.1 Å². The standard InChI is InChI=1S/C15H23N3O/c1-4-12-6-5-7-15(8-12,10-16)14(19)13-9-17-18(3)11(13)2/h9,12,14,19H,4-8H2,1-3H3. The lowest BCUT2D eigenvalue weighted by atomic mass is 9.65. The molecule has 0 aliphatic heterocycles. The fraction of sp³-hybridized carbons (Fsp3) is 0.733. The predicted octanol–water partition coefficient (Wildman–Crippen LogP) is 2.87. The molecular weight excluding hydrogens is 238 g/mol. The summed E-state index contributed by atoms with van der Waals surface area (Å²) in [5.74, 6) is 0.556. The minimum Gasteiger partial charge on any atom is -0.387 e. The molecular formula is C15H23N3O. The minimum absolute atomic E-state index is 0.556. The first-order chi connectivity index (χ1) is 9.04. The van der Waals surface area contributed by atoms with Crippen LogP contribution in [0.2, 0.25) is 0 Å². The van der Waals surface area contributed by atoms with Crippen molar-refractivity contribution in [1.29, 1.82) is 5.26 Å². The second kappa shape index (κ2) is 5.34. The summed E-state index contributed by atoms with van der Waals surface area (Å²) in [6.07, 6.45) is 5.86. The Morgan fingerprint density at radius 2 is 2.42 bits per heavy atom. The van der Waals surface area contributed by atoms with Crippen LogP contribution in [0.5, 0.6) is 0 Å². The summed E-state index contributed by atoms with van der Waals surface area (Å²) in [5.41, 5.74) is 1.12. The topological polar surface area (TPSA) is 61.8 Å². The van der Waals surface area contributed by atoms with Gasteiger partial charge in [0.05, 0.1) is 17.7 Å². The Bertz CT molecular complexity index is 488. The molecule has 0 bridgehead atoms. The minimum atomic E-state index is -0.722. The third kappa shape index (κ3) is 2.40. The van der Waals surface area contributed by atoms with Gasteiger partial charge in [0.15, 0.2) is 0 Å². The largest absolute Gasteiger partial charge is 0.387 e. The molecule has 1 aliphatic carbocycles. The number of aryl methyl sites for hydroxylation is 1. The fourth-order valence-electron chi connectivity index (χ4n) is 3.27. The number of aliphatic hydroxyl groups is 1. The first-order valence-corrected chi connectivity index (χ1v) is 7.12. The molecule has 1 fully saturated rings. The lowest BCUT2D eigenvalue weighted by Crippen LogP contribution is -2.33. The maximum absolute atomic E-state index is 10.7. The van der Waals surface area contributed by atoms with E-state index in [1.165, 1.54) is 6.42 Å². The number of hydrogen-bond donors (Lipinski definition) is 1. The lowest BCUT2D eigenvalue weighted by Gasteiger charge is -2.38. The summed E-state index contributed by atoms with van der Waals surface area (Å²) in [4.78, 5) is 0. The van der Waals surface area contributed by atoms with Crippen LogP contribution in [0, 0.1) is 29.6 Å².